The molecule has 5 rings (SSSR count). The molecular formula is C29H27FK2N2O8. The summed E-state index contributed by atoms with van der Waals surface area (Å²) in [6.07, 6.45) is -2.33. The minimum atomic E-state index is -2.33. The Balaban J connectivity index is 0.000000967. The van der Waals surface area contributed by atoms with Crippen LogP contribution in [0.2, 0.25) is 0 Å². The molecule has 1 aromatic heterocycles. The summed E-state index contributed by atoms with van der Waals surface area (Å²) in [7, 11) is 3.20. The molecule has 1 N–H and O–H groups in total. The number of carboxylic acid groups (broad SMARTS) is 2. The third-order valence-corrected chi connectivity index (χ3v) is 6.24. The van der Waals surface area contributed by atoms with E-state index >= 15 is 0 Å². The summed E-state index contributed by atoms with van der Waals surface area (Å²) in [5.41, 5.74) is 3.38. The number of methoxy groups -OCH3 is 1. The molecule has 210 valence electrons. The van der Waals surface area contributed by atoms with Crippen LogP contribution in [-0.2, 0) is 11.3 Å². The van der Waals surface area contributed by atoms with Crippen molar-refractivity contribution in [3.8, 4) is 22.8 Å². The number of amides is 1. The first kappa shape index (κ1) is 36.7. The van der Waals surface area contributed by atoms with E-state index in [4.69, 9.17) is 33.6 Å². The molecule has 0 saturated carbocycles. The maximum absolute atomic E-state index is 13.6. The van der Waals surface area contributed by atoms with Crippen molar-refractivity contribution < 1.29 is 146 Å². The van der Waals surface area contributed by atoms with E-state index in [0.29, 0.717) is 66.5 Å². The molecule has 0 spiro atoms. The monoisotopic (exact) mass is 628 g/mol. The van der Waals surface area contributed by atoms with Gasteiger partial charge in [0.25, 0.3) is 5.91 Å². The maximum Gasteiger partial charge on any atom is 1.00 e. The van der Waals surface area contributed by atoms with Gasteiger partial charge in [-0.1, -0.05) is 12.1 Å². The molecular weight excluding hydrogens is 602 g/mol. The van der Waals surface area contributed by atoms with Gasteiger partial charge >= 0.3 is 103 Å². The van der Waals surface area contributed by atoms with Gasteiger partial charge < -0.3 is 43.9 Å². The van der Waals surface area contributed by atoms with Gasteiger partial charge in [0.1, 0.15) is 35.3 Å². The van der Waals surface area contributed by atoms with E-state index in [9.17, 15) is 9.18 Å². The van der Waals surface area contributed by atoms with Crippen molar-refractivity contribution in [2.75, 3.05) is 45.4 Å². The van der Waals surface area contributed by atoms with Crippen LogP contribution in [0.25, 0.3) is 22.3 Å². The van der Waals surface area contributed by atoms with Crippen molar-refractivity contribution in [3.05, 3.63) is 77.6 Å². The van der Waals surface area contributed by atoms with E-state index < -0.39 is 6.16 Å². The number of rotatable bonds is 7. The van der Waals surface area contributed by atoms with Gasteiger partial charge in [0.2, 0.25) is 0 Å². The van der Waals surface area contributed by atoms with E-state index in [0.717, 1.165) is 17.0 Å². The van der Waals surface area contributed by atoms with Crippen LogP contribution in [0.1, 0.15) is 15.9 Å². The molecule has 0 atom stereocenters. The summed E-state index contributed by atoms with van der Waals surface area (Å²) >= 11 is 0. The number of hydrogen-bond donors (Lipinski definition) is 1. The second-order valence-electron chi connectivity index (χ2n) is 8.69. The normalized spacial score (nSPS) is 12.2. The molecule has 0 aliphatic carbocycles. The molecule has 0 bridgehead atoms. The molecule has 42 heavy (non-hydrogen) atoms. The summed E-state index contributed by atoms with van der Waals surface area (Å²) in [4.78, 5) is 23.5. The number of nitrogens with zero attached hydrogens (tertiary/aromatic N) is 1. The van der Waals surface area contributed by atoms with E-state index in [1.807, 2.05) is 36.4 Å². The van der Waals surface area contributed by atoms with Crippen LogP contribution in [0, 0.1) is 5.82 Å². The van der Waals surface area contributed by atoms with Crippen molar-refractivity contribution >= 4 is 28.7 Å². The van der Waals surface area contributed by atoms with E-state index in [1.54, 1.807) is 26.3 Å². The Kier molecular flexibility index (Phi) is 15.5. The SMILES string of the molecule is CNC(=O)c1c(-c2ccc(F)cc2)oc2cc(N3CCOCC3)c(OCc3ccc(OC)cc3)cc12.O=C([O-])[O-].[K+].[K+]. The summed E-state index contributed by atoms with van der Waals surface area (Å²) in [5, 5.41) is 20.0. The van der Waals surface area contributed by atoms with Crippen molar-refractivity contribution in [2.24, 2.45) is 0 Å². The minimum Gasteiger partial charge on any atom is -0.652 e. The molecule has 10 nitrogen and oxygen atoms in total. The third-order valence-electron chi connectivity index (χ3n) is 6.24. The number of nitrogens with one attached hydrogen (secondary N) is 1. The van der Waals surface area contributed by atoms with Crippen LogP contribution in [-0.4, -0.2) is 52.5 Å². The molecule has 1 amide bonds. The van der Waals surface area contributed by atoms with Crippen molar-refractivity contribution in [3.63, 3.8) is 0 Å². The molecule has 13 heteroatoms. The summed E-state index contributed by atoms with van der Waals surface area (Å²) < 4.78 is 36.9. The zero-order valence-electron chi connectivity index (χ0n) is 23.9. The van der Waals surface area contributed by atoms with Gasteiger partial charge in [-0.05, 0) is 54.2 Å². The molecule has 1 aliphatic rings. The van der Waals surface area contributed by atoms with Crippen LogP contribution >= 0.6 is 0 Å². The Morgan fingerprint density at radius 3 is 2.19 bits per heavy atom. The smallest absolute Gasteiger partial charge is 0.652 e. The number of anilines is 1. The fraction of sp³-hybridized carbons (Fsp3) is 0.241. The first-order valence-electron chi connectivity index (χ1n) is 12.4. The molecule has 3 aromatic carbocycles. The molecule has 1 saturated heterocycles. The maximum atomic E-state index is 13.6. The first-order chi connectivity index (χ1) is 19.3. The Morgan fingerprint density at radius 2 is 1.62 bits per heavy atom. The molecule has 1 fully saturated rings. The van der Waals surface area contributed by atoms with Gasteiger partial charge in [0, 0.05) is 37.2 Å². The fourth-order valence-electron chi connectivity index (χ4n) is 4.32. The third kappa shape index (κ3) is 9.50. The topological polar surface area (TPSA) is 136 Å². The van der Waals surface area contributed by atoms with Gasteiger partial charge in [0.15, 0.2) is 0 Å². The Hall–Kier alpha value is -1.50. The zero-order chi connectivity index (χ0) is 28.6. The van der Waals surface area contributed by atoms with Gasteiger partial charge in [-0.3, -0.25) is 4.79 Å². The van der Waals surface area contributed by atoms with Crippen LogP contribution in [0.15, 0.2) is 65.1 Å². The average Bonchev–Trinajstić information content (AvgIpc) is 3.34. The van der Waals surface area contributed by atoms with Crippen molar-refractivity contribution in [2.45, 2.75) is 6.61 Å². The number of ether oxygens (including phenoxy) is 3. The van der Waals surface area contributed by atoms with Gasteiger partial charge in [-0.15, -0.1) is 0 Å². The number of morpholine rings is 1. The fourth-order valence-corrected chi connectivity index (χ4v) is 4.32. The van der Waals surface area contributed by atoms with Crippen molar-refractivity contribution in [1.82, 2.24) is 5.32 Å². The predicted octanol–water partition coefficient (Wildman–Crippen LogP) is -3.42. The summed E-state index contributed by atoms with van der Waals surface area (Å²) in [6.45, 7) is 2.97. The Morgan fingerprint density at radius 1 is 1.00 bits per heavy atom. The zero-order valence-corrected chi connectivity index (χ0v) is 30.1. The first-order valence-corrected chi connectivity index (χ1v) is 12.4. The van der Waals surface area contributed by atoms with E-state index in [-0.39, 0.29) is 114 Å². The number of carbonyl (C=O) groups is 2. The second-order valence-corrected chi connectivity index (χ2v) is 8.69. The van der Waals surface area contributed by atoms with Crippen LogP contribution < -0.4 is 133 Å². The van der Waals surface area contributed by atoms with Gasteiger partial charge in [-0.2, -0.15) is 0 Å². The molecule has 4 aromatic rings. The largest absolute Gasteiger partial charge is 1.00 e. The van der Waals surface area contributed by atoms with Crippen LogP contribution in [0.4, 0.5) is 14.9 Å². The summed E-state index contributed by atoms with van der Waals surface area (Å²) in [5.74, 6) is 1.13. The van der Waals surface area contributed by atoms with E-state index in [2.05, 4.69) is 10.2 Å². The number of hydrogen-bond acceptors (Lipinski definition) is 9. The van der Waals surface area contributed by atoms with Crippen LogP contribution in [0.3, 0.4) is 0 Å². The second kappa shape index (κ2) is 17.7. The number of fused-ring (bicyclic) bond motifs is 1. The predicted molar refractivity (Wildman–Crippen MR) is 141 cm³/mol. The van der Waals surface area contributed by atoms with Crippen molar-refractivity contribution in [1.29, 1.82) is 0 Å². The minimum absolute atomic E-state index is 0. The number of halogens is 1. The molecule has 0 unspecified atom stereocenters. The molecule has 0 radical (unpaired) electrons. The Bertz CT molecular complexity index is 1470. The number of carbonyl (C=O) groups excluding carboxylic acids is 2. The average molecular weight is 629 g/mol. The standard InChI is InChI=1S/C28H27FN2O5.CH2O3.2K/c1-30-28(32)26-22-15-25(35-17-18-3-9-21(33-2)10-4-18)23(31-11-13-34-14-12-31)16-24(22)36-27(26)19-5-7-20(29)8-6-19;2-1(3)4;;/h3-10,15-16H,11-14,17H2,1-2H3,(H,30,32);(H2,2,3,4);;/q;;2*+1/p-2. The van der Waals surface area contributed by atoms with Gasteiger partial charge in [0.05, 0.1) is 31.6 Å². The van der Waals surface area contributed by atoms with E-state index in [1.165, 1.54) is 12.1 Å². The quantitative estimate of drug-likeness (QED) is 0.208. The summed E-state index contributed by atoms with van der Waals surface area (Å²) in [6, 6.07) is 17.3. The number of benzene rings is 3. The molecule has 1 aliphatic heterocycles. The molecule has 2 heterocycles. The van der Waals surface area contributed by atoms with Crippen LogP contribution in [0.5, 0.6) is 11.5 Å². The number of furan rings is 1. The van der Waals surface area contributed by atoms with Gasteiger partial charge in [-0.25, -0.2) is 4.39 Å². The Labute approximate surface area is 327 Å².